The summed E-state index contributed by atoms with van der Waals surface area (Å²) in [6.07, 6.45) is 0.0659. The number of carbonyl (C=O) groups excluding carboxylic acids is 1. The van der Waals surface area contributed by atoms with Crippen LogP contribution in [0, 0.1) is 5.82 Å². The van der Waals surface area contributed by atoms with Gasteiger partial charge in [0.1, 0.15) is 11.6 Å². The topological polar surface area (TPSA) is 58.6 Å². The quantitative estimate of drug-likeness (QED) is 0.736. The van der Waals surface area contributed by atoms with Crippen molar-refractivity contribution < 1.29 is 19.0 Å². The zero-order valence-corrected chi connectivity index (χ0v) is 12.7. The number of carbonyl (C=O) groups is 1. The van der Waals surface area contributed by atoms with Crippen LogP contribution >= 0.6 is 0 Å². The van der Waals surface area contributed by atoms with Crippen LogP contribution in [0.1, 0.15) is 24.5 Å². The third-order valence-electron chi connectivity index (χ3n) is 3.31. The van der Waals surface area contributed by atoms with E-state index in [-0.39, 0.29) is 18.3 Å². The summed E-state index contributed by atoms with van der Waals surface area (Å²) in [6, 6.07) is 15.0. The van der Waals surface area contributed by atoms with Crippen molar-refractivity contribution >= 4 is 5.91 Å². The summed E-state index contributed by atoms with van der Waals surface area (Å²) in [7, 11) is 0. The molecule has 0 saturated carbocycles. The zero-order chi connectivity index (χ0) is 16.5. The molecule has 0 aliphatic heterocycles. The van der Waals surface area contributed by atoms with Crippen molar-refractivity contribution in [2.24, 2.45) is 0 Å². The molecule has 0 aliphatic carbocycles. The number of aliphatic hydroxyl groups excluding tert-OH is 1. The molecule has 2 aromatic rings. The Morgan fingerprint density at radius 1 is 1.13 bits per heavy atom. The fourth-order valence-electron chi connectivity index (χ4n) is 2.04. The van der Waals surface area contributed by atoms with E-state index in [4.69, 9.17) is 4.74 Å². The normalized spacial score (nSPS) is 11.7. The predicted molar refractivity (Wildman–Crippen MR) is 85.5 cm³/mol. The molecule has 0 fully saturated rings. The van der Waals surface area contributed by atoms with Crippen molar-refractivity contribution in [3.05, 3.63) is 66.0 Å². The first-order chi connectivity index (χ1) is 11.1. The molecule has 2 aromatic carbocycles. The first-order valence-electron chi connectivity index (χ1n) is 7.53. The summed E-state index contributed by atoms with van der Waals surface area (Å²) in [4.78, 5) is 11.7. The lowest BCUT2D eigenvalue weighted by Gasteiger charge is -2.12. The van der Waals surface area contributed by atoms with E-state index in [1.54, 1.807) is 0 Å². The molecule has 23 heavy (non-hydrogen) atoms. The molecule has 0 aromatic heterocycles. The highest BCUT2D eigenvalue weighted by atomic mass is 19.1. The van der Waals surface area contributed by atoms with E-state index in [9.17, 15) is 14.3 Å². The zero-order valence-electron chi connectivity index (χ0n) is 12.7. The van der Waals surface area contributed by atoms with Crippen molar-refractivity contribution in [1.82, 2.24) is 5.32 Å². The van der Waals surface area contributed by atoms with E-state index in [1.165, 1.54) is 24.3 Å². The minimum atomic E-state index is -0.847. The lowest BCUT2D eigenvalue weighted by atomic mass is 10.1. The molecule has 5 heteroatoms. The van der Waals surface area contributed by atoms with Crippen LogP contribution in [0.5, 0.6) is 5.75 Å². The number of amides is 1. The number of nitrogens with one attached hydrogen (secondary N) is 1. The summed E-state index contributed by atoms with van der Waals surface area (Å²) in [5.74, 6) is 0.269. The van der Waals surface area contributed by atoms with E-state index in [0.29, 0.717) is 25.0 Å². The number of benzene rings is 2. The Morgan fingerprint density at radius 3 is 2.52 bits per heavy atom. The fraction of sp³-hybridized carbons (Fsp3) is 0.278. The van der Waals surface area contributed by atoms with Gasteiger partial charge in [-0.15, -0.1) is 0 Å². The Balaban J connectivity index is 1.62. The maximum atomic E-state index is 12.8. The molecule has 0 saturated heterocycles. The lowest BCUT2D eigenvalue weighted by Crippen LogP contribution is -2.28. The van der Waals surface area contributed by atoms with E-state index >= 15 is 0 Å². The highest BCUT2D eigenvalue weighted by Gasteiger charge is 2.09. The minimum absolute atomic E-state index is 0.101. The highest BCUT2D eigenvalue weighted by molar-refractivity contribution is 5.75. The molecule has 1 amide bonds. The molecule has 0 aliphatic rings. The molecule has 122 valence electrons. The van der Waals surface area contributed by atoms with Crippen LogP contribution in [-0.4, -0.2) is 24.2 Å². The van der Waals surface area contributed by atoms with Gasteiger partial charge >= 0.3 is 0 Å². The first kappa shape index (κ1) is 17.0. The van der Waals surface area contributed by atoms with E-state index in [1.807, 2.05) is 30.3 Å². The third kappa shape index (κ3) is 6.08. The maximum absolute atomic E-state index is 12.8. The predicted octanol–water partition coefficient (Wildman–Crippen LogP) is 2.83. The van der Waals surface area contributed by atoms with Gasteiger partial charge in [-0.25, -0.2) is 4.39 Å². The van der Waals surface area contributed by atoms with Crippen LogP contribution in [0.2, 0.25) is 0 Å². The Morgan fingerprint density at radius 2 is 1.83 bits per heavy atom. The summed E-state index contributed by atoms with van der Waals surface area (Å²) in [5.41, 5.74) is 0.569. The number of halogens is 1. The van der Waals surface area contributed by atoms with Gasteiger partial charge in [0.15, 0.2) is 0 Å². The van der Waals surface area contributed by atoms with E-state index in [0.717, 1.165) is 5.75 Å². The molecule has 4 nitrogen and oxygen atoms in total. The molecular formula is C18H20FNO3. The average molecular weight is 317 g/mol. The largest absolute Gasteiger partial charge is 0.494 e. The molecular weight excluding hydrogens is 297 g/mol. The molecule has 0 bridgehead atoms. The van der Waals surface area contributed by atoms with Crippen LogP contribution in [0.3, 0.4) is 0 Å². The Hall–Kier alpha value is -2.40. The second-order valence-electron chi connectivity index (χ2n) is 5.14. The van der Waals surface area contributed by atoms with Gasteiger partial charge in [-0.2, -0.15) is 0 Å². The van der Waals surface area contributed by atoms with Gasteiger partial charge in [0.2, 0.25) is 5.91 Å². The van der Waals surface area contributed by atoms with Gasteiger partial charge in [0.05, 0.1) is 12.7 Å². The van der Waals surface area contributed by atoms with Crippen molar-refractivity contribution in [3.8, 4) is 5.75 Å². The fourth-order valence-corrected chi connectivity index (χ4v) is 2.04. The molecule has 2 N–H and O–H groups in total. The number of rotatable bonds is 8. The van der Waals surface area contributed by atoms with Crippen LogP contribution in [0.15, 0.2) is 54.6 Å². The molecule has 1 atom stereocenters. The van der Waals surface area contributed by atoms with Crippen molar-refractivity contribution in [1.29, 1.82) is 0 Å². The van der Waals surface area contributed by atoms with Crippen molar-refractivity contribution in [2.75, 3.05) is 13.2 Å². The Labute approximate surface area is 134 Å². The highest BCUT2D eigenvalue weighted by Crippen LogP contribution is 2.12. The van der Waals surface area contributed by atoms with Crippen LogP contribution in [0.25, 0.3) is 0 Å². The third-order valence-corrected chi connectivity index (χ3v) is 3.31. The summed E-state index contributed by atoms with van der Waals surface area (Å²) < 4.78 is 18.3. The smallest absolute Gasteiger partial charge is 0.220 e. The SMILES string of the molecule is O=C(CCCOc1ccccc1)NCC(O)c1ccc(F)cc1. The van der Waals surface area contributed by atoms with Crippen molar-refractivity contribution in [3.63, 3.8) is 0 Å². The molecule has 1 unspecified atom stereocenters. The Bertz CT molecular complexity index is 601. The van der Waals surface area contributed by atoms with Crippen LogP contribution < -0.4 is 10.1 Å². The lowest BCUT2D eigenvalue weighted by molar-refractivity contribution is -0.121. The second-order valence-corrected chi connectivity index (χ2v) is 5.14. The number of para-hydroxylation sites is 1. The van der Waals surface area contributed by atoms with Crippen LogP contribution in [-0.2, 0) is 4.79 Å². The van der Waals surface area contributed by atoms with Crippen molar-refractivity contribution in [2.45, 2.75) is 18.9 Å². The molecule has 0 radical (unpaired) electrons. The average Bonchev–Trinajstić information content (AvgIpc) is 2.58. The molecule has 0 spiro atoms. The van der Waals surface area contributed by atoms with Gasteiger partial charge in [0.25, 0.3) is 0 Å². The van der Waals surface area contributed by atoms with Gasteiger partial charge in [-0.1, -0.05) is 30.3 Å². The number of ether oxygens (including phenoxy) is 1. The van der Waals surface area contributed by atoms with Gasteiger partial charge in [0, 0.05) is 13.0 Å². The van der Waals surface area contributed by atoms with Gasteiger partial charge < -0.3 is 15.2 Å². The first-order valence-corrected chi connectivity index (χ1v) is 7.53. The van der Waals surface area contributed by atoms with Crippen LogP contribution in [0.4, 0.5) is 4.39 Å². The molecule has 2 rings (SSSR count). The number of hydrogen-bond donors (Lipinski definition) is 2. The minimum Gasteiger partial charge on any atom is -0.494 e. The number of hydrogen-bond acceptors (Lipinski definition) is 3. The summed E-state index contributed by atoms with van der Waals surface area (Å²) in [5, 5.41) is 12.6. The maximum Gasteiger partial charge on any atom is 0.220 e. The number of aliphatic hydroxyl groups is 1. The summed E-state index contributed by atoms with van der Waals surface area (Å²) in [6.45, 7) is 0.557. The monoisotopic (exact) mass is 317 g/mol. The van der Waals surface area contributed by atoms with E-state index in [2.05, 4.69) is 5.32 Å². The summed E-state index contributed by atoms with van der Waals surface area (Å²) >= 11 is 0. The molecule has 0 heterocycles. The Kier molecular flexibility index (Phi) is 6.56. The van der Waals surface area contributed by atoms with Gasteiger partial charge in [-0.05, 0) is 36.2 Å². The standard InChI is InChI=1S/C18H20FNO3/c19-15-10-8-14(9-11-15)17(21)13-20-18(22)7-4-12-23-16-5-2-1-3-6-16/h1-3,5-6,8-11,17,21H,4,7,12-13H2,(H,20,22). The van der Waals surface area contributed by atoms with E-state index < -0.39 is 6.10 Å². The second kappa shape index (κ2) is 8.90. The van der Waals surface area contributed by atoms with Gasteiger partial charge in [-0.3, -0.25) is 4.79 Å².